The molecule has 28 heavy (non-hydrogen) atoms. The number of benzene rings is 1. The first-order chi connectivity index (χ1) is 13.6. The molecule has 3 rings (SSSR count). The van der Waals surface area contributed by atoms with E-state index in [1.165, 1.54) is 18.4 Å². The van der Waals surface area contributed by atoms with Gasteiger partial charge < -0.3 is 15.4 Å². The van der Waals surface area contributed by atoms with Gasteiger partial charge in [-0.3, -0.25) is 9.59 Å². The first kappa shape index (κ1) is 20.1. The monoisotopic (exact) mass is 400 g/mol. The maximum Gasteiger partial charge on any atom is 0.341 e. The second kappa shape index (κ2) is 9.50. The van der Waals surface area contributed by atoms with Crippen LogP contribution in [0.1, 0.15) is 56.8 Å². The standard InChI is InChI=1S/C21H24N2O4S/c1-27-21(26)18-15-10-6-3-7-11-16(15)28-20(18)23-17(24)12-13-22-19(25)14-8-4-2-5-9-14/h2,4-5,8-9H,3,6-7,10-13H2,1H3,(H,22,25)(H,23,24). The molecule has 0 spiro atoms. The smallest absolute Gasteiger partial charge is 0.341 e. The number of aryl methyl sites for hydroxylation is 1. The summed E-state index contributed by atoms with van der Waals surface area (Å²) in [5, 5.41) is 6.13. The SMILES string of the molecule is COC(=O)c1c(NC(=O)CCNC(=O)c2ccccc2)sc2c1CCCCC2. The van der Waals surface area contributed by atoms with Crippen LogP contribution in [-0.2, 0) is 22.4 Å². The Morgan fingerprint density at radius 1 is 1.07 bits per heavy atom. The van der Waals surface area contributed by atoms with Gasteiger partial charge in [0, 0.05) is 23.4 Å². The summed E-state index contributed by atoms with van der Waals surface area (Å²) in [6, 6.07) is 8.85. The highest BCUT2D eigenvalue weighted by Gasteiger charge is 2.26. The maximum atomic E-state index is 12.4. The first-order valence-corrected chi connectivity index (χ1v) is 10.3. The second-order valence-corrected chi connectivity index (χ2v) is 7.79. The Balaban J connectivity index is 1.62. The van der Waals surface area contributed by atoms with E-state index < -0.39 is 5.97 Å². The Morgan fingerprint density at radius 2 is 1.82 bits per heavy atom. The second-order valence-electron chi connectivity index (χ2n) is 6.68. The molecule has 2 N–H and O–H groups in total. The summed E-state index contributed by atoms with van der Waals surface area (Å²) in [6.07, 6.45) is 5.15. The molecule has 1 aliphatic rings. The van der Waals surface area contributed by atoms with E-state index in [1.807, 2.05) is 6.07 Å². The number of ether oxygens (including phenoxy) is 1. The number of hydrogen-bond donors (Lipinski definition) is 2. The zero-order chi connectivity index (χ0) is 19.9. The van der Waals surface area contributed by atoms with Gasteiger partial charge in [-0.1, -0.05) is 24.6 Å². The number of rotatable bonds is 6. The third-order valence-corrected chi connectivity index (χ3v) is 5.94. The summed E-state index contributed by atoms with van der Waals surface area (Å²) in [7, 11) is 1.35. The number of methoxy groups -OCH3 is 1. The number of hydrogen-bond acceptors (Lipinski definition) is 5. The highest BCUT2D eigenvalue weighted by Crippen LogP contribution is 2.37. The minimum absolute atomic E-state index is 0.127. The third kappa shape index (κ3) is 4.78. The van der Waals surface area contributed by atoms with Crippen LogP contribution in [0.15, 0.2) is 30.3 Å². The molecule has 0 unspecified atom stereocenters. The number of carbonyl (C=O) groups is 3. The fourth-order valence-corrected chi connectivity index (χ4v) is 4.61. The molecule has 0 radical (unpaired) electrons. The van der Waals surface area contributed by atoms with Gasteiger partial charge in [0.2, 0.25) is 5.91 Å². The van der Waals surface area contributed by atoms with Crippen LogP contribution in [0.4, 0.5) is 5.00 Å². The Hall–Kier alpha value is -2.67. The zero-order valence-electron chi connectivity index (χ0n) is 15.9. The van der Waals surface area contributed by atoms with Crippen LogP contribution < -0.4 is 10.6 Å². The normalized spacial score (nSPS) is 13.2. The van der Waals surface area contributed by atoms with Crippen molar-refractivity contribution in [1.29, 1.82) is 0 Å². The number of carbonyl (C=O) groups excluding carboxylic acids is 3. The number of nitrogens with one attached hydrogen (secondary N) is 2. The summed E-state index contributed by atoms with van der Waals surface area (Å²) in [4.78, 5) is 37.9. The number of fused-ring (bicyclic) bond motifs is 1. The van der Waals surface area contributed by atoms with E-state index in [2.05, 4.69) is 10.6 Å². The maximum absolute atomic E-state index is 12.4. The van der Waals surface area contributed by atoms with Crippen molar-refractivity contribution in [3.8, 4) is 0 Å². The molecule has 0 aliphatic heterocycles. The third-order valence-electron chi connectivity index (χ3n) is 4.74. The van der Waals surface area contributed by atoms with Crippen LogP contribution in [0, 0.1) is 0 Å². The molecule has 0 bridgehead atoms. The number of anilines is 1. The highest BCUT2D eigenvalue weighted by molar-refractivity contribution is 7.17. The molecule has 1 aromatic carbocycles. The molecule has 6 nitrogen and oxygen atoms in total. The lowest BCUT2D eigenvalue weighted by molar-refractivity contribution is -0.116. The molecule has 7 heteroatoms. The average Bonchev–Trinajstić information content (AvgIpc) is 2.88. The van der Waals surface area contributed by atoms with Crippen molar-refractivity contribution in [2.45, 2.75) is 38.5 Å². The van der Waals surface area contributed by atoms with E-state index in [4.69, 9.17) is 4.74 Å². The zero-order valence-corrected chi connectivity index (χ0v) is 16.7. The molecule has 1 heterocycles. The van der Waals surface area contributed by atoms with Crippen LogP contribution in [-0.4, -0.2) is 31.4 Å². The molecule has 1 aliphatic carbocycles. The van der Waals surface area contributed by atoms with Crippen molar-refractivity contribution in [2.24, 2.45) is 0 Å². The topological polar surface area (TPSA) is 84.5 Å². The van der Waals surface area contributed by atoms with Crippen molar-refractivity contribution < 1.29 is 19.1 Å². The Morgan fingerprint density at radius 3 is 2.57 bits per heavy atom. The van der Waals surface area contributed by atoms with Gasteiger partial charge in [0.25, 0.3) is 5.91 Å². The Bertz CT molecular complexity index is 861. The van der Waals surface area contributed by atoms with Gasteiger partial charge in [-0.15, -0.1) is 11.3 Å². The van der Waals surface area contributed by atoms with Crippen molar-refractivity contribution in [3.05, 3.63) is 51.9 Å². The molecular formula is C21H24N2O4S. The molecule has 0 saturated heterocycles. The van der Waals surface area contributed by atoms with E-state index in [0.717, 1.165) is 42.5 Å². The quantitative estimate of drug-likeness (QED) is 0.574. The average molecular weight is 401 g/mol. The molecule has 2 amide bonds. The van der Waals surface area contributed by atoms with Gasteiger partial charge in [-0.2, -0.15) is 0 Å². The van der Waals surface area contributed by atoms with E-state index >= 15 is 0 Å². The molecule has 0 saturated carbocycles. The van der Waals surface area contributed by atoms with Gasteiger partial charge in [0.1, 0.15) is 5.00 Å². The Kier molecular flexibility index (Phi) is 6.81. The van der Waals surface area contributed by atoms with Crippen LogP contribution >= 0.6 is 11.3 Å². The lowest BCUT2D eigenvalue weighted by Crippen LogP contribution is -2.27. The van der Waals surface area contributed by atoms with Crippen LogP contribution in [0.5, 0.6) is 0 Å². The molecule has 2 aromatic rings. The molecule has 0 atom stereocenters. The lowest BCUT2D eigenvalue weighted by Gasteiger charge is -2.08. The van der Waals surface area contributed by atoms with Gasteiger partial charge in [0.05, 0.1) is 12.7 Å². The Labute approximate surface area is 168 Å². The lowest BCUT2D eigenvalue weighted by atomic mass is 10.1. The van der Waals surface area contributed by atoms with Crippen LogP contribution in [0.3, 0.4) is 0 Å². The molecule has 148 valence electrons. The summed E-state index contributed by atoms with van der Waals surface area (Å²) in [5.41, 5.74) is 2.06. The fraction of sp³-hybridized carbons (Fsp3) is 0.381. The van der Waals surface area contributed by atoms with E-state index in [0.29, 0.717) is 16.1 Å². The van der Waals surface area contributed by atoms with Crippen molar-refractivity contribution >= 4 is 34.1 Å². The molecule has 0 fully saturated rings. The predicted octanol–water partition coefficient (Wildman–Crippen LogP) is 3.56. The summed E-state index contributed by atoms with van der Waals surface area (Å²) >= 11 is 1.46. The first-order valence-electron chi connectivity index (χ1n) is 9.46. The predicted molar refractivity (Wildman–Crippen MR) is 109 cm³/mol. The number of thiophene rings is 1. The van der Waals surface area contributed by atoms with Gasteiger partial charge in [-0.25, -0.2) is 4.79 Å². The van der Waals surface area contributed by atoms with Crippen molar-refractivity contribution in [2.75, 3.05) is 19.0 Å². The fourth-order valence-electron chi connectivity index (χ4n) is 3.32. The van der Waals surface area contributed by atoms with Crippen molar-refractivity contribution in [3.63, 3.8) is 0 Å². The van der Waals surface area contributed by atoms with E-state index in [-0.39, 0.29) is 24.8 Å². The number of esters is 1. The van der Waals surface area contributed by atoms with Gasteiger partial charge in [-0.05, 0) is 43.4 Å². The highest BCUT2D eigenvalue weighted by atomic mass is 32.1. The summed E-state index contributed by atoms with van der Waals surface area (Å²) < 4.78 is 4.94. The van der Waals surface area contributed by atoms with Crippen molar-refractivity contribution in [1.82, 2.24) is 5.32 Å². The van der Waals surface area contributed by atoms with Crippen LogP contribution in [0.25, 0.3) is 0 Å². The number of amides is 2. The summed E-state index contributed by atoms with van der Waals surface area (Å²) in [6.45, 7) is 0.220. The summed E-state index contributed by atoms with van der Waals surface area (Å²) in [5.74, 6) is -0.867. The van der Waals surface area contributed by atoms with Gasteiger partial charge >= 0.3 is 5.97 Å². The minimum atomic E-state index is -0.410. The van der Waals surface area contributed by atoms with E-state index in [9.17, 15) is 14.4 Å². The minimum Gasteiger partial charge on any atom is -0.465 e. The molecular weight excluding hydrogens is 376 g/mol. The molecule has 1 aromatic heterocycles. The largest absolute Gasteiger partial charge is 0.465 e. The van der Waals surface area contributed by atoms with E-state index in [1.54, 1.807) is 24.3 Å². The van der Waals surface area contributed by atoms with Gasteiger partial charge in [0.15, 0.2) is 0 Å². The van der Waals surface area contributed by atoms with Crippen LogP contribution in [0.2, 0.25) is 0 Å².